The van der Waals surface area contributed by atoms with Gasteiger partial charge in [0.2, 0.25) is 5.91 Å². The monoisotopic (exact) mass is 280 g/mol. The Morgan fingerprint density at radius 2 is 2.05 bits per heavy atom. The van der Waals surface area contributed by atoms with Crippen LogP contribution in [0.2, 0.25) is 0 Å². The second kappa shape index (κ2) is 6.81. The van der Waals surface area contributed by atoms with E-state index in [1.54, 1.807) is 12.1 Å². The molecule has 4 nitrogen and oxygen atoms in total. The van der Waals surface area contributed by atoms with Crippen LogP contribution in [0, 0.1) is 11.7 Å². The number of carbonyl (C=O) groups excluding carboxylic acids is 1. The second-order valence-electron chi connectivity index (χ2n) is 5.37. The first-order chi connectivity index (χ1) is 9.58. The van der Waals surface area contributed by atoms with Gasteiger partial charge in [0.15, 0.2) is 0 Å². The normalized spacial score (nSPS) is 18.9. The first-order valence-corrected chi connectivity index (χ1v) is 7.01. The molecule has 1 saturated heterocycles. The minimum absolute atomic E-state index is 0.0442. The zero-order valence-electron chi connectivity index (χ0n) is 11.5. The molecular weight excluding hydrogens is 259 g/mol. The molecule has 0 aliphatic carbocycles. The topological polar surface area (TPSA) is 66.6 Å². The highest BCUT2D eigenvalue weighted by Gasteiger charge is 2.28. The summed E-state index contributed by atoms with van der Waals surface area (Å²) in [5.74, 6) is -0.849. The number of aliphatic hydroxyl groups excluding tert-OH is 1. The lowest BCUT2D eigenvalue weighted by molar-refractivity contribution is -0.129. The van der Waals surface area contributed by atoms with Crippen molar-refractivity contribution in [3.8, 4) is 0 Å². The van der Waals surface area contributed by atoms with Gasteiger partial charge in [-0.05, 0) is 49.9 Å². The predicted octanol–water partition coefficient (Wildman–Crippen LogP) is 0.926. The van der Waals surface area contributed by atoms with Gasteiger partial charge in [-0.3, -0.25) is 4.79 Å². The standard InChI is InChI=1S/C15H21FN2O2/c16-13-4-2-1-3-11(13)5-8-18-9-6-12(7-10-18)14(19)15(17)20/h1-4,12,14,19H,5-10H2,(H2,17,20). The van der Waals surface area contributed by atoms with Gasteiger partial charge in [-0.2, -0.15) is 0 Å². The lowest BCUT2D eigenvalue weighted by atomic mass is 9.91. The fraction of sp³-hybridized carbons (Fsp3) is 0.533. The van der Waals surface area contributed by atoms with Crippen LogP contribution in [0.5, 0.6) is 0 Å². The van der Waals surface area contributed by atoms with Crippen LogP contribution < -0.4 is 5.73 Å². The van der Waals surface area contributed by atoms with Gasteiger partial charge >= 0.3 is 0 Å². The van der Waals surface area contributed by atoms with E-state index in [2.05, 4.69) is 4.90 Å². The molecule has 0 spiro atoms. The van der Waals surface area contributed by atoms with Crippen LogP contribution in [0.4, 0.5) is 4.39 Å². The van der Waals surface area contributed by atoms with Gasteiger partial charge in [-0.1, -0.05) is 18.2 Å². The second-order valence-corrected chi connectivity index (χ2v) is 5.37. The Balaban J connectivity index is 1.78. The molecule has 110 valence electrons. The third kappa shape index (κ3) is 3.77. The maximum atomic E-state index is 13.5. The highest BCUT2D eigenvalue weighted by molar-refractivity contribution is 5.78. The highest BCUT2D eigenvalue weighted by atomic mass is 19.1. The first-order valence-electron chi connectivity index (χ1n) is 7.01. The van der Waals surface area contributed by atoms with E-state index in [4.69, 9.17) is 5.73 Å². The van der Waals surface area contributed by atoms with Crippen LogP contribution in [-0.2, 0) is 11.2 Å². The largest absolute Gasteiger partial charge is 0.383 e. The molecule has 0 radical (unpaired) electrons. The number of carbonyl (C=O) groups is 1. The zero-order chi connectivity index (χ0) is 14.5. The maximum Gasteiger partial charge on any atom is 0.246 e. The molecule has 0 bridgehead atoms. The molecule has 1 atom stereocenters. The fourth-order valence-electron chi connectivity index (χ4n) is 2.70. The van der Waals surface area contributed by atoms with E-state index < -0.39 is 12.0 Å². The van der Waals surface area contributed by atoms with Gasteiger partial charge in [0.1, 0.15) is 11.9 Å². The summed E-state index contributed by atoms with van der Waals surface area (Å²) in [4.78, 5) is 13.2. The third-order valence-corrected chi connectivity index (χ3v) is 4.03. The SMILES string of the molecule is NC(=O)C(O)C1CCN(CCc2ccccc2F)CC1. The van der Waals surface area contributed by atoms with Crippen molar-refractivity contribution >= 4 is 5.91 Å². The maximum absolute atomic E-state index is 13.5. The lowest BCUT2D eigenvalue weighted by Crippen LogP contribution is -2.43. The number of primary amides is 1. The Morgan fingerprint density at radius 1 is 1.40 bits per heavy atom. The summed E-state index contributed by atoms with van der Waals surface area (Å²) < 4.78 is 13.5. The predicted molar refractivity (Wildman–Crippen MR) is 74.5 cm³/mol. The van der Waals surface area contributed by atoms with E-state index in [0.717, 1.165) is 38.0 Å². The zero-order valence-corrected chi connectivity index (χ0v) is 11.5. The Kier molecular flexibility index (Phi) is 5.09. The van der Waals surface area contributed by atoms with E-state index in [1.165, 1.54) is 6.07 Å². The van der Waals surface area contributed by atoms with Gasteiger partial charge in [0, 0.05) is 6.54 Å². The van der Waals surface area contributed by atoms with Crippen LogP contribution >= 0.6 is 0 Å². The lowest BCUT2D eigenvalue weighted by Gasteiger charge is -2.33. The number of likely N-dealkylation sites (tertiary alicyclic amines) is 1. The Labute approximate surface area is 118 Å². The third-order valence-electron chi connectivity index (χ3n) is 4.03. The molecule has 1 aromatic carbocycles. The molecule has 1 fully saturated rings. The minimum atomic E-state index is -1.04. The van der Waals surface area contributed by atoms with Crippen LogP contribution in [0.3, 0.4) is 0 Å². The van der Waals surface area contributed by atoms with Gasteiger partial charge in [0.25, 0.3) is 0 Å². The summed E-state index contributed by atoms with van der Waals surface area (Å²) in [5.41, 5.74) is 5.84. The van der Waals surface area contributed by atoms with Crippen molar-refractivity contribution in [1.29, 1.82) is 0 Å². The Bertz CT molecular complexity index is 459. The molecular formula is C15H21FN2O2. The average Bonchev–Trinajstić information content (AvgIpc) is 2.46. The number of nitrogens with two attached hydrogens (primary N) is 1. The molecule has 1 heterocycles. The van der Waals surface area contributed by atoms with Gasteiger partial charge in [-0.25, -0.2) is 4.39 Å². The van der Waals surface area contributed by atoms with E-state index >= 15 is 0 Å². The molecule has 3 N–H and O–H groups in total. The van der Waals surface area contributed by atoms with Crippen molar-refractivity contribution in [2.24, 2.45) is 11.7 Å². The molecule has 20 heavy (non-hydrogen) atoms. The summed E-state index contributed by atoms with van der Waals surface area (Å²) in [6.07, 6.45) is 1.14. The minimum Gasteiger partial charge on any atom is -0.383 e. The summed E-state index contributed by atoms with van der Waals surface area (Å²) in [6, 6.07) is 6.81. The number of nitrogens with zero attached hydrogens (tertiary/aromatic N) is 1. The average molecular weight is 280 g/mol. The van der Waals surface area contributed by atoms with Gasteiger partial charge < -0.3 is 15.7 Å². The van der Waals surface area contributed by atoms with E-state index in [-0.39, 0.29) is 11.7 Å². The van der Waals surface area contributed by atoms with Crippen molar-refractivity contribution in [3.05, 3.63) is 35.6 Å². The molecule has 5 heteroatoms. The number of piperidine rings is 1. The van der Waals surface area contributed by atoms with Crippen LogP contribution in [0.15, 0.2) is 24.3 Å². The van der Waals surface area contributed by atoms with Crippen molar-refractivity contribution in [1.82, 2.24) is 4.90 Å². The van der Waals surface area contributed by atoms with E-state index in [1.807, 2.05) is 6.07 Å². The number of hydrogen-bond acceptors (Lipinski definition) is 3. The number of rotatable bonds is 5. The summed E-state index contributed by atoms with van der Waals surface area (Å²) in [5, 5.41) is 9.64. The molecule has 1 unspecified atom stereocenters. The van der Waals surface area contributed by atoms with Crippen LogP contribution in [-0.4, -0.2) is 41.7 Å². The van der Waals surface area contributed by atoms with E-state index in [0.29, 0.717) is 6.42 Å². The first kappa shape index (κ1) is 14.9. The van der Waals surface area contributed by atoms with Gasteiger partial charge in [-0.15, -0.1) is 0 Å². The Morgan fingerprint density at radius 3 is 2.65 bits per heavy atom. The highest BCUT2D eigenvalue weighted by Crippen LogP contribution is 2.21. The summed E-state index contributed by atoms with van der Waals surface area (Å²) in [7, 11) is 0. The number of benzene rings is 1. The molecule has 1 aliphatic rings. The fourth-order valence-corrected chi connectivity index (χ4v) is 2.70. The van der Waals surface area contributed by atoms with Crippen LogP contribution in [0.25, 0.3) is 0 Å². The summed E-state index contributed by atoms with van der Waals surface area (Å²) >= 11 is 0. The molecule has 0 aromatic heterocycles. The summed E-state index contributed by atoms with van der Waals surface area (Å²) in [6.45, 7) is 2.41. The number of halogens is 1. The van der Waals surface area contributed by atoms with Crippen LogP contribution in [0.1, 0.15) is 18.4 Å². The van der Waals surface area contributed by atoms with Crippen molar-refractivity contribution in [2.75, 3.05) is 19.6 Å². The number of amides is 1. The van der Waals surface area contributed by atoms with Crippen molar-refractivity contribution in [2.45, 2.75) is 25.4 Å². The van der Waals surface area contributed by atoms with E-state index in [9.17, 15) is 14.3 Å². The number of aliphatic hydroxyl groups is 1. The number of hydrogen-bond donors (Lipinski definition) is 2. The Hall–Kier alpha value is -1.46. The molecule has 1 aliphatic heterocycles. The quantitative estimate of drug-likeness (QED) is 0.843. The smallest absolute Gasteiger partial charge is 0.246 e. The van der Waals surface area contributed by atoms with Gasteiger partial charge in [0.05, 0.1) is 0 Å². The molecule has 1 aromatic rings. The molecule has 1 amide bonds. The van der Waals surface area contributed by atoms with Crippen molar-refractivity contribution < 1.29 is 14.3 Å². The van der Waals surface area contributed by atoms with Crippen molar-refractivity contribution in [3.63, 3.8) is 0 Å². The molecule has 0 saturated carbocycles. The molecule has 2 rings (SSSR count).